The van der Waals surface area contributed by atoms with Gasteiger partial charge in [0.1, 0.15) is 11.5 Å². The van der Waals surface area contributed by atoms with E-state index < -0.39 is 5.91 Å². The topological polar surface area (TPSA) is 117 Å². The second-order valence-corrected chi connectivity index (χ2v) is 5.67. The van der Waals surface area contributed by atoms with Crippen LogP contribution in [0.15, 0.2) is 40.2 Å². The minimum Gasteiger partial charge on any atom is -0.378 e. The van der Waals surface area contributed by atoms with Crippen molar-refractivity contribution in [1.82, 2.24) is 15.0 Å². The molecule has 0 spiro atoms. The number of nitrogens with zero attached hydrogens (tertiary/aromatic N) is 1. The van der Waals surface area contributed by atoms with E-state index in [0.29, 0.717) is 23.0 Å². The molecule has 118 valence electrons. The number of amides is 1. The Hall–Kier alpha value is -2.74. The van der Waals surface area contributed by atoms with Gasteiger partial charge in [-0.3, -0.25) is 9.59 Å². The summed E-state index contributed by atoms with van der Waals surface area (Å²) in [5, 5.41) is 3.91. The number of para-hydroxylation sites is 1. The first kappa shape index (κ1) is 15.2. The monoisotopic (exact) mass is 329 g/mol. The molecule has 0 unspecified atom stereocenters. The Balaban J connectivity index is 1.98. The minimum absolute atomic E-state index is 0.184. The molecule has 1 amide bonds. The van der Waals surface area contributed by atoms with Gasteiger partial charge in [0.15, 0.2) is 0 Å². The van der Waals surface area contributed by atoms with Crippen molar-refractivity contribution in [3.8, 4) is 0 Å². The molecule has 3 aromatic rings. The van der Waals surface area contributed by atoms with Crippen LogP contribution in [0.4, 0.5) is 5.69 Å². The fourth-order valence-electron chi connectivity index (χ4n) is 2.34. The number of carbonyl (C=O) groups is 1. The summed E-state index contributed by atoms with van der Waals surface area (Å²) in [5.74, 6) is -0.181. The smallest absolute Gasteiger partial charge is 0.261 e. The lowest BCUT2D eigenvalue weighted by molar-refractivity contribution is 0.0999. The molecular weight excluding hydrogens is 314 g/mol. The number of H-pyrrole nitrogens is 2. The van der Waals surface area contributed by atoms with E-state index in [1.165, 1.54) is 11.8 Å². The van der Waals surface area contributed by atoms with Gasteiger partial charge in [-0.15, -0.1) is 11.8 Å². The zero-order chi connectivity index (χ0) is 16.4. The van der Waals surface area contributed by atoms with Crippen molar-refractivity contribution in [3.63, 3.8) is 0 Å². The van der Waals surface area contributed by atoms with Gasteiger partial charge < -0.3 is 21.0 Å². The van der Waals surface area contributed by atoms with Crippen molar-refractivity contribution in [2.75, 3.05) is 11.6 Å². The van der Waals surface area contributed by atoms with Gasteiger partial charge in [0.2, 0.25) is 0 Å². The molecule has 2 aromatic heterocycles. The Morgan fingerprint density at radius 2 is 2.04 bits per heavy atom. The fourth-order valence-corrected chi connectivity index (χ4v) is 2.95. The average Bonchev–Trinajstić information content (AvgIpc) is 2.93. The number of aromatic amines is 2. The molecule has 1 aromatic carbocycles. The normalized spacial score (nSPS) is 10.8. The summed E-state index contributed by atoms with van der Waals surface area (Å²) in [4.78, 5) is 33.9. The summed E-state index contributed by atoms with van der Waals surface area (Å²) in [6.45, 7) is 0.356. The van der Waals surface area contributed by atoms with Crippen LogP contribution >= 0.6 is 11.8 Å². The van der Waals surface area contributed by atoms with Crippen LogP contribution < -0.4 is 16.6 Å². The number of nitrogens with two attached hydrogens (primary N) is 1. The van der Waals surface area contributed by atoms with E-state index in [1.54, 1.807) is 6.26 Å². The first-order valence-corrected chi connectivity index (χ1v) is 8.10. The van der Waals surface area contributed by atoms with E-state index in [4.69, 9.17) is 5.73 Å². The van der Waals surface area contributed by atoms with E-state index >= 15 is 0 Å². The molecular formula is C15H15N5O2S. The molecule has 0 saturated carbocycles. The van der Waals surface area contributed by atoms with Crippen LogP contribution in [0.25, 0.3) is 11.0 Å². The van der Waals surface area contributed by atoms with Crippen LogP contribution in [0.1, 0.15) is 16.2 Å². The van der Waals surface area contributed by atoms with Crippen LogP contribution in [-0.4, -0.2) is 27.1 Å². The van der Waals surface area contributed by atoms with Crippen molar-refractivity contribution in [2.45, 2.75) is 11.6 Å². The van der Waals surface area contributed by atoms with Crippen molar-refractivity contribution >= 4 is 34.4 Å². The molecule has 5 N–H and O–H groups in total. The summed E-state index contributed by atoms with van der Waals surface area (Å²) in [5.41, 5.74) is 6.46. The Labute approximate surface area is 135 Å². The third-order valence-corrected chi connectivity index (χ3v) is 4.08. The molecule has 23 heavy (non-hydrogen) atoms. The quantitative estimate of drug-likeness (QED) is 0.531. The highest BCUT2D eigenvalue weighted by atomic mass is 32.2. The van der Waals surface area contributed by atoms with Crippen molar-refractivity contribution in [1.29, 1.82) is 0 Å². The predicted molar refractivity (Wildman–Crippen MR) is 90.8 cm³/mol. The van der Waals surface area contributed by atoms with Crippen LogP contribution in [0.2, 0.25) is 0 Å². The molecule has 0 saturated heterocycles. The van der Waals surface area contributed by atoms with E-state index in [0.717, 1.165) is 5.69 Å². The molecule has 0 fully saturated rings. The number of hydrogen-bond donors (Lipinski definition) is 4. The maximum Gasteiger partial charge on any atom is 0.261 e. The van der Waals surface area contributed by atoms with Crippen LogP contribution in [0.5, 0.6) is 0 Å². The highest BCUT2D eigenvalue weighted by Gasteiger charge is 2.20. The van der Waals surface area contributed by atoms with Crippen molar-refractivity contribution in [3.05, 3.63) is 52.1 Å². The van der Waals surface area contributed by atoms with Gasteiger partial charge in [-0.2, -0.15) is 0 Å². The van der Waals surface area contributed by atoms with E-state index in [2.05, 4.69) is 20.3 Å². The van der Waals surface area contributed by atoms with Gasteiger partial charge in [-0.05, 0) is 18.4 Å². The number of carbonyl (C=O) groups excluding carboxylic acids is 1. The summed E-state index contributed by atoms with van der Waals surface area (Å²) in [7, 11) is 0. The lowest BCUT2D eigenvalue weighted by Gasteiger charge is -2.05. The van der Waals surface area contributed by atoms with Crippen LogP contribution in [0, 0.1) is 0 Å². The first-order valence-electron chi connectivity index (χ1n) is 6.87. The third kappa shape index (κ3) is 2.93. The fraction of sp³-hybridized carbons (Fsp3) is 0.133. The average molecular weight is 329 g/mol. The second kappa shape index (κ2) is 6.17. The Kier molecular flexibility index (Phi) is 4.07. The maximum absolute atomic E-state index is 12.3. The number of fused-ring (bicyclic) bond motifs is 1. The number of hydrogen-bond acceptors (Lipinski definition) is 5. The second-order valence-electron chi connectivity index (χ2n) is 4.85. The molecule has 0 aliphatic heterocycles. The number of primary amides is 1. The number of thioether (sulfide) groups is 1. The van der Waals surface area contributed by atoms with Gasteiger partial charge in [-0.1, -0.05) is 18.2 Å². The number of aromatic nitrogens is 3. The van der Waals surface area contributed by atoms with Gasteiger partial charge in [-0.25, -0.2) is 4.98 Å². The van der Waals surface area contributed by atoms with E-state index in [9.17, 15) is 9.59 Å². The van der Waals surface area contributed by atoms with E-state index in [-0.39, 0.29) is 16.5 Å². The maximum atomic E-state index is 12.3. The summed E-state index contributed by atoms with van der Waals surface area (Å²) in [6, 6.07) is 9.59. The highest BCUT2D eigenvalue weighted by Crippen LogP contribution is 2.24. The zero-order valence-corrected chi connectivity index (χ0v) is 13.2. The minimum atomic E-state index is -0.650. The summed E-state index contributed by atoms with van der Waals surface area (Å²) >= 11 is 1.31. The lowest BCUT2D eigenvalue weighted by Crippen LogP contribution is -2.18. The largest absolute Gasteiger partial charge is 0.378 e. The number of nitrogens with one attached hydrogen (secondary N) is 3. The number of benzene rings is 1. The number of rotatable bonds is 5. The Morgan fingerprint density at radius 1 is 1.30 bits per heavy atom. The standard InChI is InChI=1S/C15H15N5O2S/c1-23-15-10(12(16)21)11-13(20-15)18-9(19-14(11)22)7-17-8-5-3-2-4-6-8/h2-6,17H,7H2,1H3,(H2,16,21)(H2,18,19,20,22). The molecule has 3 rings (SSSR count). The molecule has 8 heteroatoms. The first-order chi connectivity index (χ1) is 11.1. The third-order valence-electron chi connectivity index (χ3n) is 3.36. The Morgan fingerprint density at radius 3 is 2.70 bits per heavy atom. The number of anilines is 1. The van der Waals surface area contributed by atoms with Crippen LogP contribution in [-0.2, 0) is 6.54 Å². The van der Waals surface area contributed by atoms with Crippen molar-refractivity contribution < 1.29 is 4.79 Å². The van der Waals surface area contributed by atoms with Crippen LogP contribution in [0.3, 0.4) is 0 Å². The van der Waals surface area contributed by atoms with Gasteiger partial charge in [0.05, 0.1) is 22.5 Å². The van der Waals surface area contributed by atoms with Gasteiger partial charge in [0.25, 0.3) is 11.5 Å². The summed E-state index contributed by atoms with van der Waals surface area (Å²) in [6.07, 6.45) is 1.79. The summed E-state index contributed by atoms with van der Waals surface area (Å²) < 4.78 is 0. The van der Waals surface area contributed by atoms with Gasteiger partial charge in [0, 0.05) is 5.69 Å². The Bertz CT molecular complexity index is 917. The molecule has 0 aliphatic carbocycles. The zero-order valence-electron chi connectivity index (χ0n) is 12.3. The molecule has 0 atom stereocenters. The lowest BCUT2D eigenvalue weighted by atomic mass is 10.2. The molecule has 0 aliphatic rings. The predicted octanol–water partition coefficient (Wildman–Crippen LogP) is 1.68. The molecule has 0 radical (unpaired) electrons. The van der Waals surface area contributed by atoms with Crippen molar-refractivity contribution in [2.24, 2.45) is 5.73 Å². The SMILES string of the molecule is CSc1[nH]c2nc(CNc3ccccc3)[nH]c(=O)c2c1C(N)=O. The van der Waals surface area contributed by atoms with Gasteiger partial charge >= 0.3 is 0 Å². The molecule has 7 nitrogen and oxygen atoms in total. The molecule has 0 bridgehead atoms. The molecule has 2 heterocycles. The highest BCUT2D eigenvalue weighted by molar-refractivity contribution is 7.98. The van der Waals surface area contributed by atoms with E-state index in [1.807, 2.05) is 30.3 Å².